The number of hydrogen-bond donors (Lipinski definition) is 2. The van der Waals surface area contributed by atoms with Gasteiger partial charge in [-0.15, -0.1) is 0 Å². The number of anilines is 3. The Kier molecular flexibility index (Phi) is 4.72. The summed E-state index contributed by atoms with van der Waals surface area (Å²) in [6.45, 7) is 4.01. The van der Waals surface area contributed by atoms with Crippen molar-refractivity contribution in [2.75, 3.05) is 10.6 Å². The normalized spacial score (nSPS) is 10.6. The van der Waals surface area contributed by atoms with E-state index in [1.54, 1.807) is 18.5 Å². The van der Waals surface area contributed by atoms with Crippen molar-refractivity contribution in [2.24, 2.45) is 0 Å². The SMILES string of the molecule is Cc1cccc(NC(=O)c2ccc(Nc3cccc4cccnc34)cn2)c1C. The van der Waals surface area contributed by atoms with Gasteiger partial charge in [-0.25, -0.2) is 4.98 Å². The van der Waals surface area contributed by atoms with Crippen LogP contribution in [-0.2, 0) is 0 Å². The third kappa shape index (κ3) is 3.55. The minimum Gasteiger partial charge on any atom is -0.352 e. The maximum absolute atomic E-state index is 12.5. The predicted molar refractivity (Wildman–Crippen MR) is 113 cm³/mol. The molecular weight excluding hydrogens is 348 g/mol. The molecule has 2 N–H and O–H groups in total. The van der Waals surface area contributed by atoms with Crippen LogP contribution in [0, 0.1) is 13.8 Å². The van der Waals surface area contributed by atoms with E-state index in [0.717, 1.165) is 39.1 Å². The molecule has 0 saturated heterocycles. The fourth-order valence-corrected chi connectivity index (χ4v) is 3.04. The first-order chi connectivity index (χ1) is 13.6. The highest BCUT2D eigenvalue weighted by atomic mass is 16.1. The van der Waals surface area contributed by atoms with Crippen molar-refractivity contribution < 1.29 is 4.79 Å². The number of aromatic nitrogens is 2. The van der Waals surface area contributed by atoms with Gasteiger partial charge in [0.2, 0.25) is 0 Å². The van der Waals surface area contributed by atoms with Gasteiger partial charge in [0.25, 0.3) is 5.91 Å². The number of benzene rings is 2. The minimum atomic E-state index is -0.230. The van der Waals surface area contributed by atoms with E-state index in [0.29, 0.717) is 5.69 Å². The number of nitrogens with one attached hydrogen (secondary N) is 2. The molecule has 0 atom stereocenters. The van der Waals surface area contributed by atoms with Gasteiger partial charge in [-0.05, 0) is 55.3 Å². The second-order valence-electron chi connectivity index (χ2n) is 6.64. The van der Waals surface area contributed by atoms with Gasteiger partial charge in [0.1, 0.15) is 5.69 Å². The second-order valence-corrected chi connectivity index (χ2v) is 6.64. The van der Waals surface area contributed by atoms with Crippen LogP contribution in [0.4, 0.5) is 17.1 Å². The predicted octanol–water partition coefficient (Wildman–Crippen LogP) is 5.24. The minimum absolute atomic E-state index is 0.230. The van der Waals surface area contributed by atoms with Gasteiger partial charge in [-0.2, -0.15) is 0 Å². The Morgan fingerprint density at radius 2 is 1.64 bits per heavy atom. The second kappa shape index (κ2) is 7.48. The van der Waals surface area contributed by atoms with Crippen LogP contribution in [0.25, 0.3) is 10.9 Å². The van der Waals surface area contributed by atoms with Gasteiger partial charge in [0, 0.05) is 17.3 Å². The standard InChI is InChI=1S/C23H20N4O/c1-15-6-3-9-19(16(15)2)27-23(28)21-12-11-18(14-25-21)26-20-10-4-7-17-8-5-13-24-22(17)20/h3-14,26H,1-2H3,(H,27,28). The molecule has 0 saturated carbocycles. The van der Waals surface area contributed by atoms with E-state index < -0.39 is 0 Å². The van der Waals surface area contributed by atoms with Gasteiger partial charge in [-0.3, -0.25) is 9.78 Å². The van der Waals surface area contributed by atoms with Crippen LogP contribution in [0.15, 0.2) is 73.1 Å². The molecule has 5 nitrogen and oxygen atoms in total. The van der Waals surface area contributed by atoms with Crippen LogP contribution >= 0.6 is 0 Å². The van der Waals surface area contributed by atoms with Crippen LogP contribution < -0.4 is 10.6 Å². The zero-order valence-corrected chi connectivity index (χ0v) is 15.7. The van der Waals surface area contributed by atoms with E-state index in [1.807, 2.05) is 68.4 Å². The van der Waals surface area contributed by atoms with Crippen LogP contribution in [0.2, 0.25) is 0 Å². The molecule has 4 rings (SSSR count). The van der Waals surface area contributed by atoms with Crippen molar-refractivity contribution in [1.29, 1.82) is 0 Å². The number of nitrogens with zero attached hydrogens (tertiary/aromatic N) is 2. The summed E-state index contributed by atoms with van der Waals surface area (Å²) in [4.78, 5) is 21.3. The smallest absolute Gasteiger partial charge is 0.274 e. The number of carbonyl (C=O) groups excluding carboxylic acids is 1. The molecule has 0 aliphatic rings. The van der Waals surface area contributed by atoms with E-state index in [4.69, 9.17) is 0 Å². The summed E-state index contributed by atoms with van der Waals surface area (Å²) in [5.74, 6) is -0.230. The fourth-order valence-electron chi connectivity index (χ4n) is 3.04. The Labute approximate surface area is 163 Å². The first-order valence-corrected chi connectivity index (χ1v) is 9.06. The van der Waals surface area contributed by atoms with Crippen LogP contribution in [-0.4, -0.2) is 15.9 Å². The number of rotatable bonds is 4. The average molecular weight is 368 g/mol. The summed E-state index contributed by atoms with van der Waals surface area (Å²) < 4.78 is 0. The Balaban J connectivity index is 1.52. The highest BCUT2D eigenvalue weighted by molar-refractivity contribution is 6.03. The first-order valence-electron chi connectivity index (χ1n) is 9.06. The molecule has 0 bridgehead atoms. The number of para-hydroxylation sites is 1. The van der Waals surface area contributed by atoms with Crippen molar-refractivity contribution in [2.45, 2.75) is 13.8 Å². The Bertz CT molecular complexity index is 1150. The third-order valence-electron chi connectivity index (χ3n) is 4.76. The summed E-state index contributed by atoms with van der Waals surface area (Å²) >= 11 is 0. The largest absolute Gasteiger partial charge is 0.352 e. The first kappa shape index (κ1) is 17.7. The number of carbonyl (C=O) groups is 1. The highest BCUT2D eigenvalue weighted by Gasteiger charge is 2.10. The molecule has 2 aromatic heterocycles. The molecule has 5 heteroatoms. The number of hydrogen-bond acceptors (Lipinski definition) is 4. The lowest BCUT2D eigenvalue weighted by atomic mass is 10.1. The number of fused-ring (bicyclic) bond motifs is 1. The van der Waals surface area contributed by atoms with Crippen molar-refractivity contribution in [1.82, 2.24) is 9.97 Å². The number of amides is 1. The molecule has 0 fully saturated rings. The van der Waals surface area contributed by atoms with E-state index in [2.05, 4.69) is 20.6 Å². The molecule has 0 unspecified atom stereocenters. The van der Waals surface area contributed by atoms with E-state index in [1.165, 1.54) is 0 Å². The van der Waals surface area contributed by atoms with Crippen LogP contribution in [0.1, 0.15) is 21.6 Å². The molecule has 2 aromatic carbocycles. The number of aryl methyl sites for hydroxylation is 1. The summed E-state index contributed by atoms with van der Waals surface area (Å²) in [5.41, 5.74) is 5.93. The zero-order valence-electron chi connectivity index (χ0n) is 15.7. The average Bonchev–Trinajstić information content (AvgIpc) is 2.72. The highest BCUT2D eigenvalue weighted by Crippen LogP contribution is 2.24. The molecule has 0 aliphatic carbocycles. The topological polar surface area (TPSA) is 66.9 Å². The molecule has 4 aromatic rings. The molecule has 0 radical (unpaired) electrons. The maximum Gasteiger partial charge on any atom is 0.274 e. The van der Waals surface area contributed by atoms with Gasteiger partial charge in [-0.1, -0.05) is 30.3 Å². The zero-order chi connectivity index (χ0) is 19.5. The molecular formula is C23H20N4O. The van der Waals surface area contributed by atoms with E-state index in [9.17, 15) is 4.79 Å². The lowest BCUT2D eigenvalue weighted by molar-refractivity contribution is 0.102. The Morgan fingerprint density at radius 3 is 2.46 bits per heavy atom. The van der Waals surface area contributed by atoms with E-state index >= 15 is 0 Å². The van der Waals surface area contributed by atoms with Gasteiger partial charge >= 0.3 is 0 Å². The van der Waals surface area contributed by atoms with Crippen molar-refractivity contribution >= 4 is 33.9 Å². The lowest BCUT2D eigenvalue weighted by Crippen LogP contribution is -2.14. The Morgan fingerprint density at radius 1 is 0.857 bits per heavy atom. The molecule has 0 spiro atoms. The molecule has 28 heavy (non-hydrogen) atoms. The molecule has 0 aliphatic heterocycles. The lowest BCUT2D eigenvalue weighted by Gasteiger charge is -2.11. The van der Waals surface area contributed by atoms with Gasteiger partial charge < -0.3 is 10.6 Å². The summed E-state index contributed by atoms with van der Waals surface area (Å²) in [6.07, 6.45) is 3.42. The fraction of sp³-hybridized carbons (Fsp3) is 0.0870. The number of pyridine rings is 2. The van der Waals surface area contributed by atoms with Crippen molar-refractivity contribution in [3.63, 3.8) is 0 Å². The molecule has 2 heterocycles. The van der Waals surface area contributed by atoms with Gasteiger partial charge in [0.05, 0.1) is 23.1 Å². The monoisotopic (exact) mass is 368 g/mol. The maximum atomic E-state index is 12.5. The summed E-state index contributed by atoms with van der Waals surface area (Å²) in [5, 5.41) is 7.31. The Hall–Kier alpha value is -3.73. The quantitative estimate of drug-likeness (QED) is 0.517. The summed E-state index contributed by atoms with van der Waals surface area (Å²) in [7, 11) is 0. The van der Waals surface area contributed by atoms with E-state index in [-0.39, 0.29) is 5.91 Å². The van der Waals surface area contributed by atoms with Crippen molar-refractivity contribution in [3.8, 4) is 0 Å². The molecule has 1 amide bonds. The van der Waals surface area contributed by atoms with Crippen LogP contribution in [0.3, 0.4) is 0 Å². The summed E-state index contributed by atoms with van der Waals surface area (Å²) in [6, 6.07) is 19.3. The third-order valence-corrected chi connectivity index (χ3v) is 4.76. The molecule has 138 valence electrons. The van der Waals surface area contributed by atoms with Gasteiger partial charge in [0.15, 0.2) is 0 Å². The van der Waals surface area contributed by atoms with Crippen LogP contribution in [0.5, 0.6) is 0 Å². The van der Waals surface area contributed by atoms with Crippen molar-refractivity contribution in [3.05, 3.63) is 89.9 Å².